The fraction of sp³-hybridized carbons (Fsp3) is 0.318. The molecule has 0 saturated heterocycles. The fourth-order valence-electron chi connectivity index (χ4n) is 3.34. The van der Waals surface area contributed by atoms with E-state index in [1.54, 1.807) is 19.3 Å². The maximum Gasteiger partial charge on any atom is 0.416 e. The summed E-state index contributed by atoms with van der Waals surface area (Å²) in [7, 11) is 1.63. The van der Waals surface area contributed by atoms with Crippen LogP contribution in [0.25, 0.3) is 11.3 Å². The Bertz CT molecular complexity index is 1180. The third-order valence-corrected chi connectivity index (χ3v) is 5.23. The van der Waals surface area contributed by atoms with Gasteiger partial charge in [0.05, 0.1) is 22.4 Å². The standard InChI is InChI=1S/C22H18F6N4O2/c1-32-9-8-17(31-32)16-10-13(19(33)30-18(12-2-3-12)22(26,27)28)11-29-20(16)34-15-6-4-14(5-7-15)21(23,24)25/h4-12,18H,2-3H2,1H3,(H,30,33)/t18-/m1/s1. The van der Waals surface area contributed by atoms with Crippen molar-refractivity contribution in [1.29, 1.82) is 0 Å². The first-order valence-electron chi connectivity index (χ1n) is 10.1. The Balaban J connectivity index is 1.63. The van der Waals surface area contributed by atoms with Crippen molar-refractivity contribution in [3.63, 3.8) is 0 Å². The lowest BCUT2D eigenvalue weighted by molar-refractivity contribution is -0.158. The van der Waals surface area contributed by atoms with Gasteiger partial charge in [-0.25, -0.2) is 4.98 Å². The fourth-order valence-corrected chi connectivity index (χ4v) is 3.34. The molecule has 0 unspecified atom stereocenters. The van der Waals surface area contributed by atoms with Crippen LogP contribution >= 0.6 is 0 Å². The molecule has 180 valence electrons. The molecule has 3 aromatic rings. The molecule has 0 radical (unpaired) electrons. The van der Waals surface area contributed by atoms with Crippen LogP contribution in [0, 0.1) is 5.92 Å². The number of amides is 1. The van der Waals surface area contributed by atoms with E-state index in [1.165, 1.54) is 10.7 Å². The van der Waals surface area contributed by atoms with Crippen molar-refractivity contribution in [3.8, 4) is 22.9 Å². The monoisotopic (exact) mass is 484 g/mol. The first-order chi connectivity index (χ1) is 15.9. The summed E-state index contributed by atoms with van der Waals surface area (Å²) in [4.78, 5) is 16.6. The number of carbonyl (C=O) groups excluding carboxylic acids is 1. The van der Waals surface area contributed by atoms with E-state index in [-0.39, 0.29) is 22.8 Å². The number of alkyl halides is 6. The Kier molecular flexibility index (Phi) is 6.00. The van der Waals surface area contributed by atoms with Gasteiger partial charge in [0.25, 0.3) is 5.91 Å². The highest BCUT2D eigenvalue weighted by Gasteiger charge is 2.49. The quantitative estimate of drug-likeness (QED) is 0.478. The second-order valence-corrected chi connectivity index (χ2v) is 7.91. The molecule has 0 spiro atoms. The van der Waals surface area contributed by atoms with Crippen LogP contribution in [-0.4, -0.2) is 32.9 Å². The molecule has 6 nitrogen and oxygen atoms in total. The summed E-state index contributed by atoms with van der Waals surface area (Å²) >= 11 is 0. The van der Waals surface area contributed by atoms with Crippen LogP contribution in [0.15, 0.2) is 48.8 Å². The zero-order valence-electron chi connectivity index (χ0n) is 17.6. The molecule has 2 heterocycles. The summed E-state index contributed by atoms with van der Waals surface area (Å²) in [5.74, 6) is -1.65. The molecule has 1 aliphatic carbocycles. The Morgan fingerprint density at radius 1 is 1.12 bits per heavy atom. The molecule has 1 aromatic carbocycles. The number of aromatic nitrogens is 3. The summed E-state index contributed by atoms with van der Waals surface area (Å²) in [5, 5.41) is 6.24. The minimum absolute atomic E-state index is 0.0424. The predicted molar refractivity (Wildman–Crippen MR) is 108 cm³/mol. The van der Waals surface area contributed by atoms with Crippen molar-refractivity contribution in [2.45, 2.75) is 31.2 Å². The van der Waals surface area contributed by atoms with Crippen LogP contribution < -0.4 is 10.1 Å². The predicted octanol–water partition coefficient (Wildman–Crippen LogP) is 5.36. The SMILES string of the molecule is Cn1ccc(-c2cc(C(=O)N[C@H](C3CC3)C(F)(F)F)cnc2Oc2ccc(C(F)(F)F)cc2)n1. The van der Waals surface area contributed by atoms with Gasteiger partial charge in [-0.1, -0.05) is 0 Å². The average molecular weight is 484 g/mol. The van der Waals surface area contributed by atoms with Crippen LogP contribution in [-0.2, 0) is 13.2 Å². The first kappa shape index (κ1) is 23.6. The van der Waals surface area contributed by atoms with Gasteiger partial charge in [0.1, 0.15) is 11.8 Å². The second kappa shape index (κ2) is 8.65. The molecule has 0 bridgehead atoms. The largest absolute Gasteiger partial charge is 0.438 e. The lowest BCUT2D eigenvalue weighted by Gasteiger charge is -2.21. The summed E-state index contributed by atoms with van der Waals surface area (Å²) < 4.78 is 85.4. The highest BCUT2D eigenvalue weighted by Crippen LogP contribution is 2.40. The Labute approximate surface area is 189 Å². The van der Waals surface area contributed by atoms with Gasteiger partial charge in [0.2, 0.25) is 5.88 Å². The molecule has 0 aliphatic heterocycles. The molecular weight excluding hydrogens is 466 g/mol. The number of carbonyl (C=O) groups is 1. The van der Waals surface area contributed by atoms with Crippen LogP contribution in [0.3, 0.4) is 0 Å². The molecule has 1 amide bonds. The summed E-state index contributed by atoms with van der Waals surface area (Å²) in [5.41, 5.74) is -0.515. The molecule has 12 heteroatoms. The molecule has 1 N–H and O–H groups in total. The first-order valence-corrected chi connectivity index (χ1v) is 10.1. The van der Waals surface area contributed by atoms with E-state index in [9.17, 15) is 31.1 Å². The number of ether oxygens (including phenoxy) is 1. The molecule has 34 heavy (non-hydrogen) atoms. The maximum atomic E-state index is 13.3. The number of nitrogens with one attached hydrogen (secondary N) is 1. The molecule has 1 fully saturated rings. The van der Waals surface area contributed by atoms with E-state index in [4.69, 9.17) is 4.74 Å². The van der Waals surface area contributed by atoms with Crippen molar-refractivity contribution < 1.29 is 35.9 Å². The minimum atomic E-state index is -4.58. The van der Waals surface area contributed by atoms with Gasteiger partial charge < -0.3 is 10.1 Å². The van der Waals surface area contributed by atoms with Gasteiger partial charge in [-0.05, 0) is 55.2 Å². The summed E-state index contributed by atoms with van der Waals surface area (Å²) in [6.45, 7) is 0. The lowest BCUT2D eigenvalue weighted by Crippen LogP contribution is -2.46. The van der Waals surface area contributed by atoms with Gasteiger partial charge in [0, 0.05) is 19.4 Å². The maximum absolute atomic E-state index is 13.3. The zero-order chi connectivity index (χ0) is 24.7. The number of hydrogen-bond donors (Lipinski definition) is 1. The third-order valence-electron chi connectivity index (χ3n) is 5.23. The number of benzene rings is 1. The van der Waals surface area contributed by atoms with Crippen LogP contribution in [0.4, 0.5) is 26.3 Å². The van der Waals surface area contributed by atoms with Gasteiger partial charge in [-0.15, -0.1) is 0 Å². The van der Waals surface area contributed by atoms with E-state index >= 15 is 0 Å². The van der Waals surface area contributed by atoms with Crippen LogP contribution in [0.5, 0.6) is 11.6 Å². The minimum Gasteiger partial charge on any atom is -0.438 e. The van der Waals surface area contributed by atoms with E-state index < -0.39 is 35.8 Å². The number of nitrogens with zero attached hydrogens (tertiary/aromatic N) is 3. The Hall–Kier alpha value is -3.57. The van der Waals surface area contributed by atoms with Crippen molar-refractivity contribution in [3.05, 3.63) is 59.9 Å². The number of rotatable bonds is 6. The van der Waals surface area contributed by atoms with E-state index in [0.29, 0.717) is 18.5 Å². The smallest absolute Gasteiger partial charge is 0.416 e. The van der Waals surface area contributed by atoms with Gasteiger partial charge >= 0.3 is 12.4 Å². The topological polar surface area (TPSA) is 69.0 Å². The number of halogens is 6. The third kappa shape index (κ3) is 5.32. The second-order valence-electron chi connectivity index (χ2n) is 7.91. The lowest BCUT2D eigenvalue weighted by atomic mass is 10.1. The Morgan fingerprint density at radius 3 is 2.32 bits per heavy atom. The van der Waals surface area contributed by atoms with Gasteiger partial charge in [-0.2, -0.15) is 31.4 Å². The number of aryl methyl sites for hydroxylation is 1. The zero-order valence-corrected chi connectivity index (χ0v) is 17.6. The molecule has 1 aliphatic rings. The number of pyridine rings is 1. The summed E-state index contributed by atoms with van der Waals surface area (Å²) in [6, 6.07) is 4.79. The van der Waals surface area contributed by atoms with E-state index in [1.807, 2.05) is 5.32 Å². The molecule has 1 atom stereocenters. The number of hydrogen-bond acceptors (Lipinski definition) is 4. The molecular formula is C22H18F6N4O2. The Morgan fingerprint density at radius 2 is 1.79 bits per heavy atom. The molecule has 4 rings (SSSR count). The average Bonchev–Trinajstić information content (AvgIpc) is 3.50. The highest BCUT2D eigenvalue weighted by molar-refractivity contribution is 5.95. The van der Waals surface area contributed by atoms with E-state index in [0.717, 1.165) is 30.5 Å². The van der Waals surface area contributed by atoms with Gasteiger partial charge in [0.15, 0.2) is 0 Å². The highest BCUT2D eigenvalue weighted by atomic mass is 19.4. The van der Waals surface area contributed by atoms with E-state index in [2.05, 4.69) is 10.1 Å². The van der Waals surface area contributed by atoms with Crippen molar-refractivity contribution >= 4 is 5.91 Å². The summed E-state index contributed by atoms with van der Waals surface area (Å²) in [6.07, 6.45) is -5.71. The van der Waals surface area contributed by atoms with Crippen molar-refractivity contribution in [2.75, 3.05) is 0 Å². The van der Waals surface area contributed by atoms with Gasteiger partial charge in [-0.3, -0.25) is 9.48 Å². The van der Waals surface area contributed by atoms with Crippen molar-refractivity contribution in [1.82, 2.24) is 20.1 Å². The van der Waals surface area contributed by atoms with Crippen molar-refractivity contribution in [2.24, 2.45) is 13.0 Å². The van der Waals surface area contributed by atoms with Crippen LogP contribution in [0.1, 0.15) is 28.8 Å². The van der Waals surface area contributed by atoms with Crippen LogP contribution in [0.2, 0.25) is 0 Å². The molecule has 2 aromatic heterocycles. The molecule has 1 saturated carbocycles. The normalized spacial score (nSPS) is 15.1.